The van der Waals surface area contributed by atoms with Crippen molar-refractivity contribution in [2.75, 3.05) is 13.6 Å². The van der Waals surface area contributed by atoms with Crippen LogP contribution in [0.15, 0.2) is 4.99 Å². The average molecular weight is 150 g/mol. The maximum Gasteiger partial charge on any atom is 0.207 e. The lowest BCUT2D eigenvalue weighted by atomic mass is 10.4. The van der Waals surface area contributed by atoms with Crippen molar-refractivity contribution in [2.24, 2.45) is 4.99 Å². The number of amidine groups is 1. The highest BCUT2D eigenvalue weighted by atomic mass is 15.2. The summed E-state index contributed by atoms with van der Waals surface area (Å²) < 4.78 is 0. The molecule has 4 nitrogen and oxygen atoms in total. The third-order valence-electron chi connectivity index (χ3n) is 1.33. The molecule has 0 aliphatic heterocycles. The summed E-state index contributed by atoms with van der Waals surface area (Å²) in [5.74, 6) is 0.525. The average Bonchev–Trinajstić information content (AvgIpc) is 2.03. The predicted molar refractivity (Wildman–Crippen MR) is 41.6 cm³/mol. The molecule has 0 aromatic heterocycles. The lowest BCUT2D eigenvalue weighted by Gasteiger charge is -2.14. The Morgan fingerprint density at radius 3 is 2.55 bits per heavy atom. The minimum atomic E-state index is 0.192. The lowest BCUT2D eigenvalue weighted by Crippen LogP contribution is -2.25. The zero-order chi connectivity index (χ0) is 8.69. The number of hydrogen-bond donors (Lipinski definition) is 0. The predicted octanol–water partition coefficient (Wildman–Crippen LogP) is 0.731. The Kier molecular flexibility index (Phi) is 4.51. The highest BCUT2D eigenvalue weighted by Gasteiger charge is 2.02. The van der Waals surface area contributed by atoms with Crippen LogP contribution in [0.4, 0.5) is 0 Å². The fraction of sp³-hybridized carbons (Fsp3) is 0.571. The van der Waals surface area contributed by atoms with Gasteiger partial charge in [-0.15, -0.1) is 0 Å². The summed E-state index contributed by atoms with van der Waals surface area (Å²) in [6.45, 7) is 2.69. The Balaban J connectivity index is 4.26. The van der Waals surface area contributed by atoms with Crippen LogP contribution >= 0.6 is 0 Å². The summed E-state index contributed by atoms with van der Waals surface area (Å²) in [5.41, 5.74) is 0. The second kappa shape index (κ2) is 5.25. The van der Waals surface area contributed by atoms with Crippen LogP contribution in [0.5, 0.6) is 0 Å². The molecule has 0 unspecified atom stereocenters. The van der Waals surface area contributed by atoms with E-state index in [1.165, 1.54) is 0 Å². The van der Waals surface area contributed by atoms with Crippen LogP contribution in [0.25, 0.3) is 0 Å². The molecule has 0 radical (unpaired) electrons. The monoisotopic (exact) mass is 150 g/mol. The smallest absolute Gasteiger partial charge is 0.207 e. The van der Waals surface area contributed by atoms with Crippen LogP contribution in [0.2, 0.25) is 0 Å². The summed E-state index contributed by atoms with van der Waals surface area (Å²) in [4.78, 5) is 5.28. The summed E-state index contributed by atoms with van der Waals surface area (Å²) in [5, 5.41) is 16.6. The van der Waals surface area contributed by atoms with Gasteiger partial charge >= 0.3 is 0 Å². The molecule has 0 N–H and O–H groups in total. The zero-order valence-electron chi connectivity index (χ0n) is 6.70. The topological polar surface area (TPSA) is 63.2 Å². The van der Waals surface area contributed by atoms with E-state index >= 15 is 0 Å². The molecule has 0 aromatic rings. The molecule has 0 aliphatic rings. The van der Waals surface area contributed by atoms with Crippen LogP contribution in [0.1, 0.15) is 13.3 Å². The van der Waals surface area contributed by atoms with E-state index in [4.69, 9.17) is 10.5 Å². The van der Waals surface area contributed by atoms with Crippen molar-refractivity contribution >= 4 is 5.84 Å². The summed E-state index contributed by atoms with van der Waals surface area (Å²) in [6, 6.07) is 1.94. The van der Waals surface area contributed by atoms with Gasteiger partial charge in [-0.25, -0.2) is 0 Å². The Morgan fingerprint density at radius 1 is 1.55 bits per heavy atom. The molecule has 0 heterocycles. The van der Waals surface area contributed by atoms with E-state index in [0.29, 0.717) is 5.84 Å². The first-order chi connectivity index (χ1) is 5.26. The van der Waals surface area contributed by atoms with Crippen LogP contribution < -0.4 is 0 Å². The fourth-order valence-corrected chi connectivity index (χ4v) is 0.571. The Morgan fingerprint density at radius 2 is 2.18 bits per heavy atom. The normalized spacial score (nSPS) is 10.0. The molecular weight excluding hydrogens is 140 g/mol. The molecule has 0 amide bonds. The molecule has 0 fully saturated rings. The number of nitrogens with zero attached hydrogens (tertiary/aromatic N) is 4. The van der Waals surface area contributed by atoms with Crippen molar-refractivity contribution in [3.8, 4) is 12.3 Å². The van der Waals surface area contributed by atoms with Crippen molar-refractivity contribution in [2.45, 2.75) is 13.3 Å². The van der Waals surface area contributed by atoms with Gasteiger partial charge in [0.05, 0.1) is 12.5 Å². The van der Waals surface area contributed by atoms with Gasteiger partial charge in [0.25, 0.3) is 0 Å². The fourth-order valence-electron chi connectivity index (χ4n) is 0.571. The van der Waals surface area contributed by atoms with Gasteiger partial charge in [0.15, 0.2) is 0 Å². The Labute approximate surface area is 66.4 Å². The van der Waals surface area contributed by atoms with Gasteiger partial charge in [0, 0.05) is 13.6 Å². The molecule has 4 heteroatoms. The summed E-state index contributed by atoms with van der Waals surface area (Å²) in [6.07, 6.45) is 1.86. The van der Waals surface area contributed by atoms with Gasteiger partial charge < -0.3 is 4.90 Å². The number of nitriles is 2. The van der Waals surface area contributed by atoms with E-state index in [9.17, 15) is 0 Å². The largest absolute Gasteiger partial charge is 0.362 e. The first kappa shape index (κ1) is 9.45. The van der Waals surface area contributed by atoms with E-state index in [-0.39, 0.29) is 6.42 Å². The summed E-state index contributed by atoms with van der Waals surface area (Å²) in [7, 11) is 1.80. The highest BCUT2D eigenvalue weighted by molar-refractivity contribution is 5.84. The van der Waals surface area contributed by atoms with E-state index in [1.807, 2.05) is 13.0 Å². The molecule has 0 atom stereocenters. The van der Waals surface area contributed by atoms with E-state index in [1.54, 1.807) is 18.1 Å². The lowest BCUT2D eigenvalue weighted by molar-refractivity contribution is 0.528. The quantitative estimate of drug-likeness (QED) is 0.331. The van der Waals surface area contributed by atoms with Crippen molar-refractivity contribution in [3.05, 3.63) is 0 Å². The van der Waals surface area contributed by atoms with Gasteiger partial charge in [-0.1, -0.05) is 0 Å². The van der Waals surface area contributed by atoms with Crippen molar-refractivity contribution in [1.82, 2.24) is 4.90 Å². The third kappa shape index (κ3) is 3.22. The van der Waals surface area contributed by atoms with Gasteiger partial charge in [-0.05, 0) is 6.92 Å². The van der Waals surface area contributed by atoms with Crippen molar-refractivity contribution in [3.63, 3.8) is 0 Å². The molecule has 0 aliphatic carbocycles. The maximum atomic E-state index is 8.34. The SMILES string of the molecule is CCN(C)C(CC#N)=NC#N. The van der Waals surface area contributed by atoms with Gasteiger partial charge in [-0.3, -0.25) is 0 Å². The van der Waals surface area contributed by atoms with E-state index < -0.39 is 0 Å². The number of rotatable bonds is 2. The molecule has 0 spiro atoms. The minimum Gasteiger partial charge on any atom is -0.362 e. The van der Waals surface area contributed by atoms with Crippen LogP contribution in [-0.2, 0) is 0 Å². The first-order valence-corrected chi connectivity index (χ1v) is 3.30. The first-order valence-electron chi connectivity index (χ1n) is 3.30. The van der Waals surface area contributed by atoms with Gasteiger partial charge in [0.1, 0.15) is 5.84 Å². The van der Waals surface area contributed by atoms with Crippen LogP contribution in [0.3, 0.4) is 0 Å². The summed E-state index contributed by atoms with van der Waals surface area (Å²) >= 11 is 0. The van der Waals surface area contributed by atoms with Crippen molar-refractivity contribution in [1.29, 1.82) is 10.5 Å². The third-order valence-corrected chi connectivity index (χ3v) is 1.33. The zero-order valence-corrected chi connectivity index (χ0v) is 6.70. The van der Waals surface area contributed by atoms with Crippen LogP contribution in [-0.4, -0.2) is 24.3 Å². The second-order valence-electron chi connectivity index (χ2n) is 1.98. The van der Waals surface area contributed by atoms with Crippen LogP contribution in [0, 0.1) is 22.8 Å². The molecule has 0 rings (SSSR count). The Bertz CT molecular complexity index is 218. The molecular formula is C7H10N4. The second-order valence-corrected chi connectivity index (χ2v) is 1.98. The van der Waals surface area contributed by atoms with E-state index in [2.05, 4.69) is 4.99 Å². The molecule has 58 valence electrons. The molecule has 0 aromatic carbocycles. The highest BCUT2D eigenvalue weighted by Crippen LogP contribution is 1.91. The molecule has 0 saturated carbocycles. The van der Waals surface area contributed by atoms with Crippen molar-refractivity contribution < 1.29 is 0 Å². The Hall–Kier alpha value is -1.55. The minimum absolute atomic E-state index is 0.192. The molecule has 0 bridgehead atoms. The molecule has 11 heavy (non-hydrogen) atoms. The number of aliphatic imine (C=N–C) groups is 1. The van der Waals surface area contributed by atoms with Gasteiger partial charge in [0.2, 0.25) is 6.19 Å². The molecule has 0 saturated heterocycles. The maximum absolute atomic E-state index is 8.34. The van der Waals surface area contributed by atoms with Gasteiger partial charge in [-0.2, -0.15) is 15.5 Å². The standard InChI is InChI=1S/C7H10N4/c1-3-11(2)7(4-5-8)10-6-9/h3-4H2,1-2H3. The van der Waals surface area contributed by atoms with E-state index in [0.717, 1.165) is 6.54 Å². The number of hydrogen-bond acceptors (Lipinski definition) is 3.